The summed E-state index contributed by atoms with van der Waals surface area (Å²) in [6.45, 7) is 1.90. The van der Waals surface area contributed by atoms with Crippen molar-refractivity contribution in [2.24, 2.45) is 5.73 Å². The number of fused-ring (bicyclic) bond motifs is 1. The van der Waals surface area contributed by atoms with Crippen LogP contribution in [0.25, 0.3) is 0 Å². The highest BCUT2D eigenvalue weighted by molar-refractivity contribution is 5.58. The average Bonchev–Trinajstić information content (AvgIpc) is 2.48. The van der Waals surface area contributed by atoms with Gasteiger partial charge in [0.25, 0.3) is 0 Å². The van der Waals surface area contributed by atoms with E-state index in [0.29, 0.717) is 0 Å². The molecule has 1 aliphatic heterocycles. The lowest BCUT2D eigenvalue weighted by Gasteiger charge is -2.11. The van der Waals surface area contributed by atoms with Crippen LogP contribution >= 0.6 is 0 Å². The van der Waals surface area contributed by atoms with Gasteiger partial charge < -0.3 is 10.6 Å². The highest BCUT2D eigenvalue weighted by atomic mass is 15.1. The second kappa shape index (κ2) is 3.38. The lowest BCUT2D eigenvalue weighted by atomic mass is 10.1. The smallest absolute Gasteiger partial charge is 0.0397 e. The molecule has 2 N–H and O–H groups in total. The van der Waals surface area contributed by atoms with Crippen LogP contribution in [0.5, 0.6) is 0 Å². The molecule has 2 heteroatoms. The number of nitrogens with two attached hydrogens (primary N) is 1. The number of benzene rings is 1. The molecule has 2 nitrogen and oxygen atoms in total. The summed E-state index contributed by atoms with van der Waals surface area (Å²) in [5.74, 6) is 0. The maximum Gasteiger partial charge on any atom is 0.0397 e. The van der Waals surface area contributed by atoms with Gasteiger partial charge in [-0.2, -0.15) is 0 Å². The van der Waals surface area contributed by atoms with E-state index in [9.17, 15) is 0 Å². The largest absolute Gasteiger partial charge is 0.374 e. The van der Waals surface area contributed by atoms with Crippen molar-refractivity contribution in [3.8, 4) is 0 Å². The van der Waals surface area contributed by atoms with Crippen LogP contribution in [0.2, 0.25) is 0 Å². The third-order valence-corrected chi connectivity index (χ3v) is 2.70. The third-order valence-electron chi connectivity index (χ3n) is 2.70. The predicted octanol–water partition coefficient (Wildman–Crippen LogP) is 1.18. The minimum absolute atomic E-state index is 0.745. The lowest BCUT2D eigenvalue weighted by molar-refractivity contribution is 0.952. The summed E-state index contributed by atoms with van der Waals surface area (Å²) in [7, 11) is 2.15. The van der Waals surface area contributed by atoms with Crippen molar-refractivity contribution in [1.82, 2.24) is 0 Å². The topological polar surface area (TPSA) is 29.3 Å². The molecule has 0 amide bonds. The van der Waals surface area contributed by atoms with Crippen molar-refractivity contribution < 1.29 is 0 Å². The molecule has 70 valence electrons. The zero-order valence-corrected chi connectivity index (χ0v) is 8.09. The van der Waals surface area contributed by atoms with E-state index in [1.807, 2.05) is 0 Å². The molecule has 0 bridgehead atoms. The summed E-state index contributed by atoms with van der Waals surface area (Å²) in [4.78, 5) is 2.31. The van der Waals surface area contributed by atoms with Crippen LogP contribution < -0.4 is 10.6 Å². The van der Waals surface area contributed by atoms with E-state index in [0.717, 1.165) is 19.5 Å². The van der Waals surface area contributed by atoms with Gasteiger partial charge in [-0.1, -0.05) is 12.1 Å². The van der Waals surface area contributed by atoms with Gasteiger partial charge in [0.2, 0.25) is 0 Å². The van der Waals surface area contributed by atoms with E-state index in [4.69, 9.17) is 5.73 Å². The molecule has 1 aromatic carbocycles. The molecular weight excluding hydrogens is 160 g/mol. The fourth-order valence-electron chi connectivity index (χ4n) is 1.94. The Morgan fingerprint density at radius 1 is 1.46 bits per heavy atom. The SMILES string of the molecule is CN1CCc2cc(CCN)ccc21. The number of hydrogen-bond donors (Lipinski definition) is 1. The van der Waals surface area contributed by atoms with Gasteiger partial charge in [0.15, 0.2) is 0 Å². The second-order valence-corrected chi connectivity index (χ2v) is 3.67. The van der Waals surface area contributed by atoms with E-state index < -0.39 is 0 Å². The Bertz CT molecular complexity index is 307. The molecule has 2 rings (SSSR count). The predicted molar refractivity (Wildman–Crippen MR) is 56.2 cm³/mol. The number of rotatable bonds is 2. The summed E-state index contributed by atoms with van der Waals surface area (Å²) in [5.41, 5.74) is 9.76. The maximum atomic E-state index is 5.52. The van der Waals surface area contributed by atoms with Gasteiger partial charge in [0.1, 0.15) is 0 Å². The third kappa shape index (κ3) is 1.54. The van der Waals surface area contributed by atoms with Crippen molar-refractivity contribution >= 4 is 5.69 Å². The van der Waals surface area contributed by atoms with E-state index in [-0.39, 0.29) is 0 Å². The van der Waals surface area contributed by atoms with E-state index in [1.54, 1.807) is 0 Å². The summed E-state index contributed by atoms with van der Waals surface area (Å²) in [6.07, 6.45) is 2.18. The van der Waals surface area contributed by atoms with Crippen molar-refractivity contribution in [3.05, 3.63) is 29.3 Å². The maximum absolute atomic E-state index is 5.52. The molecule has 0 fully saturated rings. The van der Waals surface area contributed by atoms with Gasteiger partial charge in [-0.3, -0.25) is 0 Å². The Morgan fingerprint density at radius 2 is 2.31 bits per heavy atom. The van der Waals surface area contributed by atoms with Gasteiger partial charge in [-0.25, -0.2) is 0 Å². The highest BCUT2D eigenvalue weighted by Crippen LogP contribution is 2.27. The molecule has 1 aromatic rings. The molecule has 0 aliphatic carbocycles. The average molecular weight is 176 g/mol. The van der Waals surface area contributed by atoms with E-state index in [1.165, 1.54) is 23.2 Å². The highest BCUT2D eigenvalue weighted by Gasteiger charge is 2.14. The first kappa shape index (κ1) is 8.57. The van der Waals surface area contributed by atoms with Crippen LogP contribution in [0, 0.1) is 0 Å². The minimum Gasteiger partial charge on any atom is -0.374 e. The number of likely N-dealkylation sites (N-methyl/N-ethyl adjacent to an activating group) is 1. The van der Waals surface area contributed by atoms with Crippen LogP contribution in [-0.2, 0) is 12.8 Å². The number of nitrogens with zero attached hydrogens (tertiary/aromatic N) is 1. The minimum atomic E-state index is 0.745. The van der Waals surface area contributed by atoms with Gasteiger partial charge >= 0.3 is 0 Å². The Hall–Kier alpha value is -1.02. The summed E-state index contributed by atoms with van der Waals surface area (Å²) in [5, 5.41) is 0. The zero-order valence-electron chi connectivity index (χ0n) is 8.09. The van der Waals surface area contributed by atoms with Crippen LogP contribution in [0.3, 0.4) is 0 Å². The summed E-state index contributed by atoms with van der Waals surface area (Å²) >= 11 is 0. The fourth-order valence-corrected chi connectivity index (χ4v) is 1.94. The molecule has 0 spiro atoms. The van der Waals surface area contributed by atoms with Crippen molar-refractivity contribution in [3.63, 3.8) is 0 Å². The molecule has 0 unspecified atom stereocenters. The molecule has 0 saturated heterocycles. The number of hydrogen-bond acceptors (Lipinski definition) is 2. The van der Waals surface area contributed by atoms with Crippen LogP contribution in [0.15, 0.2) is 18.2 Å². The monoisotopic (exact) mass is 176 g/mol. The summed E-state index contributed by atoms with van der Waals surface area (Å²) in [6, 6.07) is 6.70. The normalized spacial score (nSPS) is 14.8. The van der Waals surface area contributed by atoms with Gasteiger partial charge in [0.05, 0.1) is 0 Å². The van der Waals surface area contributed by atoms with E-state index in [2.05, 4.69) is 30.1 Å². The molecule has 1 aliphatic rings. The van der Waals surface area contributed by atoms with E-state index >= 15 is 0 Å². The van der Waals surface area contributed by atoms with Crippen molar-refractivity contribution in [1.29, 1.82) is 0 Å². The fraction of sp³-hybridized carbons (Fsp3) is 0.455. The first-order valence-corrected chi connectivity index (χ1v) is 4.84. The van der Waals surface area contributed by atoms with Crippen molar-refractivity contribution in [2.45, 2.75) is 12.8 Å². The number of anilines is 1. The summed E-state index contributed by atoms with van der Waals surface area (Å²) < 4.78 is 0. The molecule has 0 aromatic heterocycles. The van der Waals surface area contributed by atoms with Gasteiger partial charge in [0, 0.05) is 19.3 Å². The Balaban J connectivity index is 2.29. The zero-order chi connectivity index (χ0) is 9.26. The van der Waals surface area contributed by atoms with Gasteiger partial charge in [-0.15, -0.1) is 0 Å². The van der Waals surface area contributed by atoms with Crippen LogP contribution in [-0.4, -0.2) is 20.1 Å². The molecule has 1 heterocycles. The van der Waals surface area contributed by atoms with Crippen LogP contribution in [0.4, 0.5) is 5.69 Å². The quantitative estimate of drug-likeness (QED) is 0.733. The molecular formula is C11H16N2. The molecule has 0 radical (unpaired) electrons. The first-order valence-electron chi connectivity index (χ1n) is 4.84. The van der Waals surface area contributed by atoms with Gasteiger partial charge in [-0.05, 0) is 36.6 Å². The second-order valence-electron chi connectivity index (χ2n) is 3.67. The lowest BCUT2D eigenvalue weighted by Crippen LogP contribution is -2.12. The van der Waals surface area contributed by atoms with Crippen LogP contribution in [0.1, 0.15) is 11.1 Å². The Kier molecular flexibility index (Phi) is 2.23. The first-order chi connectivity index (χ1) is 6.31. The molecule has 0 atom stereocenters. The standard InChI is InChI=1S/C11H16N2/c1-13-7-5-10-8-9(4-6-12)2-3-11(10)13/h2-3,8H,4-7,12H2,1H3. The molecule has 13 heavy (non-hydrogen) atoms. The Labute approximate surface area is 79.4 Å². The van der Waals surface area contributed by atoms with Crippen molar-refractivity contribution in [2.75, 3.05) is 25.0 Å². The molecule has 0 saturated carbocycles. The Morgan fingerprint density at radius 3 is 3.08 bits per heavy atom.